The summed E-state index contributed by atoms with van der Waals surface area (Å²) in [4.78, 5) is 3.29. The zero-order valence-corrected chi connectivity index (χ0v) is 11.9. The third-order valence-corrected chi connectivity index (χ3v) is 4.13. The van der Waals surface area contributed by atoms with Gasteiger partial charge in [-0.1, -0.05) is 15.9 Å². The first kappa shape index (κ1) is 12.9. The molecule has 5 heteroatoms. The lowest BCUT2D eigenvalue weighted by Gasteiger charge is -2.28. The fraction of sp³-hybridized carbons (Fsp3) is 0.417. The van der Waals surface area contributed by atoms with Crippen LogP contribution in [0.5, 0.6) is 0 Å². The largest absolute Gasteiger partial charge is 0.378 e. The van der Waals surface area contributed by atoms with Crippen molar-refractivity contribution in [1.82, 2.24) is 4.90 Å². The van der Waals surface area contributed by atoms with Crippen LogP contribution in [-0.4, -0.2) is 42.8 Å². The molecule has 0 amide bonds. The van der Waals surface area contributed by atoms with Crippen molar-refractivity contribution in [3.8, 4) is 0 Å². The lowest BCUT2D eigenvalue weighted by Crippen LogP contribution is -2.41. The molecule has 0 bridgehead atoms. The van der Waals surface area contributed by atoms with Crippen LogP contribution in [0.15, 0.2) is 33.6 Å². The Morgan fingerprint density at radius 3 is 2.59 bits per heavy atom. The van der Waals surface area contributed by atoms with Crippen molar-refractivity contribution in [2.24, 2.45) is 0 Å². The van der Waals surface area contributed by atoms with Gasteiger partial charge in [0, 0.05) is 22.5 Å². The van der Waals surface area contributed by atoms with Gasteiger partial charge in [-0.3, -0.25) is 5.41 Å². The Kier molecular flexibility index (Phi) is 4.88. The van der Waals surface area contributed by atoms with Gasteiger partial charge in [0.2, 0.25) is 0 Å². The topological polar surface area (TPSA) is 36.3 Å². The molecule has 1 N–H and O–H groups in total. The molecule has 0 unspecified atom stereocenters. The number of amidine groups is 1. The number of benzene rings is 1. The van der Waals surface area contributed by atoms with Crippen LogP contribution in [0.2, 0.25) is 0 Å². The first-order chi connectivity index (χ1) is 8.25. The van der Waals surface area contributed by atoms with Gasteiger partial charge in [0.15, 0.2) is 0 Å². The SMILES string of the molecule is N=C(CSc1ccc(Br)cc1)N1CCOCC1. The molecule has 2 rings (SSSR count). The minimum Gasteiger partial charge on any atom is -0.378 e. The van der Waals surface area contributed by atoms with Crippen molar-refractivity contribution in [3.05, 3.63) is 28.7 Å². The molecule has 1 heterocycles. The lowest BCUT2D eigenvalue weighted by atomic mass is 10.4. The summed E-state index contributed by atoms with van der Waals surface area (Å²) in [7, 11) is 0. The van der Waals surface area contributed by atoms with Gasteiger partial charge in [-0.05, 0) is 24.3 Å². The Bertz CT molecular complexity index is 377. The monoisotopic (exact) mass is 314 g/mol. The quantitative estimate of drug-likeness (QED) is 0.529. The molecule has 1 fully saturated rings. The van der Waals surface area contributed by atoms with Gasteiger partial charge in [-0.25, -0.2) is 0 Å². The van der Waals surface area contributed by atoms with Crippen LogP contribution in [0.25, 0.3) is 0 Å². The van der Waals surface area contributed by atoms with Crippen molar-refractivity contribution < 1.29 is 4.74 Å². The fourth-order valence-electron chi connectivity index (χ4n) is 1.61. The molecule has 1 aliphatic rings. The first-order valence-electron chi connectivity index (χ1n) is 5.54. The molecule has 1 aliphatic heterocycles. The first-order valence-corrected chi connectivity index (χ1v) is 7.32. The zero-order valence-electron chi connectivity index (χ0n) is 9.49. The second-order valence-corrected chi connectivity index (χ2v) is 5.75. The number of halogens is 1. The second-order valence-electron chi connectivity index (χ2n) is 3.79. The molecule has 1 aromatic carbocycles. The van der Waals surface area contributed by atoms with E-state index in [1.165, 1.54) is 4.90 Å². The fourth-order valence-corrected chi connectivity index (χ4v) is 2.69. The number of morpholine rings is 1. The predicted octanol–water partition coefficient (Wildman–Crippen LogP) is 2.85. The predicted molar refractivity (Wildman–Crippen MR) is 75.0 cm³/mol. The highest BCUT2D eigenvalue weighted by atomic mass is 79.9. The number of ether oxygens (including phenoxy) is 1. The highest BCUT2D eigenvalue weighted by Gasteiger charge is 2.13. The maximum atomic E-state index is 8.01. The average molecular weight is 315 g/mol. The Hall–Kier alpha value is -0.520. The molecule has 1 saturated heterocycles. The summed E-state index contributed by atoms with van der Waals surface area (Å²) in [6, 6.07) is 8.20. The van der Waals surface area contributed by atoms with Gasteiger partial charge in [-0.2, -0.15) is 0 Å². The van der Waals surface area contributed by atoms with Crippen LogP contribution < -0.4 is 0 Å². The summed E-state index contributed by atoms with van der Waals surface area (Å²) in [6.07, 6.45) is 0. The van der Waals surface area contributed by atoms with E-state index >= 15 is 0 Å². The standard InChI is InChI=1S/C12H15BrN2OS/c13-10-1-3-11(4-2-10)17-9-12(14)15-5-7-16-8-6-15/h1-4,14H,5-9H2. The van der Waals surface area contributed by atoms with Crippen LogP contribution in [0.4, 0.5) is 0 Å². The van der Waals surface area contributed by atoms with E-state index in [1.54, 1.807) is 11.8 Å². The smallest absolute Gasteiger partial charge is 0.106 e. The van der Waals surface area contributed by atoms with Crippen molar-refractivity contribution in [3.63, 3.8) is 0 Å². The molecule has 0 atom stereocenters. The van der Waals surface area contributed by atoms with Gasteiger partial charge < -0.3 is 9.64 Å². The summed E-state index contributed by atoms with van der Waals surface area (Å²) in [6.45, 7) is 3.18. The second kappa shape index (κ2) is 6.42. The van der Waals surface area contributed by atoms with Gasteiger partial charge >= 0.3 is 0 Å². The summed E-state index contributed by atoms with van der Waals surface area (Å²) >= 11 is 5.12. The molecular formula is C12H15BrN2OS. The van der Waals surface area contributed by atoms with Gasteiger partial charge in [-0.15, -0.1) is 11.8 Å². The minimum atomic E-state index is 0.696. The molecule has 0 saturated carbocycles. The third-order valence-electron chi connectivity index (χ3n) is 2.58. The summed E-state index contributed by atoms with van der Waals surface area (Å²) in [5.41, 5.74) is 0. The van der Waals surface area contributed by atoms with Crippen LogP contribution >= 0.6 is 27.7 Å². The van der Waals surface area contributed by atoms with Gasteiger partial charge in [0.1, 0.15) is 5.84 Å². The van der Waals surface area contributed by atoms with Crippen molar-refractivity contribution in [2.45, 2.75) is 4.90 Å². The van der Waals surface area contributed by atoms with Crippen LogP contribution in [-0.2, 0) is 4.74 Å². The van der Waals surface area contributed by atoms with Gasteiger partial charge in [0.05, 0.1) is 19.0 Å². The Morgan fingerprint density at radius 1 is 1.29 bits per heavy atom. The van der Waals surface area contributed by atoms with E-state index in [0.29, 0.717) is 5.84 Å². The van der Waals surface area contributed by atoms with E-state index < -0.39 is 0 Å². The molecule has 17 heavy (non-hydrogen) atoms. The van der Waals surface area contributed by atoms with E-state index in [1.807, 2.05) is 12.1 Å². The lowest BCUT2D eigenvalue weighted by molar-refractivity contribution is 0.0676. The molecule has 92 valence electrons. The summed E-state index contributed by atoms with van der Waals surface area (Å²) < 4.78 is 6.36. The number of hydrogen-bond donors (Lipinski definition) is 1. The maximum absolute atomic E-state index is 8.01. The number of thioether (sulfide) groups is 1. The molecule has 1 aromatic rings. The van der Waals surface area contributed by atoms with Crippen LogP contribution in [0, 0.1) is 5.41 Å². The van der Waals surface area contributed by atoms with E-state index in [-0.39, 0.29) is 0 Å². The van der Waals surface area contributed by atoms with Crippen molar-refractivity contribution >= 4 is 33.5 Å². The Morgan fingerprint density at radius 2 is 1.94 bits per heavy atom. The number of hydrogen-bond acceptors (Lipinski definition) is 3. The Balaban J connectivity index is 1.81. The maximum Gasteiger partial charge on any atom is 0.106 e. The van der Waals surface area contributed by atoms with E-state index in [0.717, 1.165) is 36.5 Å². The minimum absolute atomic E-state index is 0.696. The zero-order chi connectivity index (χ0) is 12.1. The summed E-state index contributed by atoms with van der Waals surface area (Å²) in [5.74, 6) is 1.42. The Labute approximate surface area is 114 Å². The highest BCUT2D eigenvalue weighted by molar-refractivity contribution is 9.10. The molecule has 3 nitrogen and oxygen atoms in total. The number of nitrogens with zero attached hydrogens (tertiary/aromatic N) is 1. The van der Waals surface area contributed by atoms with Crippen molar-refractivity contribution in [2.75, 3.05) is 32.1 Å². The van der Waals surface area contributed by atoms with Crippen LogP contribution in [0.3, 0.4) is 0 Å². The molecular weight excluding hydrogens is 300 g/mol. The number of rotatable bonds is 3. The van der Waals surface area contributed by atoms with Crippen molar-refractivity contribution in [1.29, 1.82) is 5.41 Å². The van der Waals surface area contributed by atoms with E-state index in [4.69, 9.17) is 10.1 Å². The third kappa shape index (κ3) is 4.01. The molecule has 0 spiro atoms. The molecule has 0 radical (unpaired) electrons. The molecule has 0 aliphatic carbocycles. The van der Waals surface area contributed by atoms with E-state index in [2.05, 4.69) is 33.0 Å². The number of nitrogens with one attached hydrogen (secondary N) is 1. The van der Waals surface area contributed by atoms with Gasteiger partial charge in [0.25, 0.3) is 0 Å². The molecule has 0 aromatic heterocycles. The van der Waals surface area contributed by atoms with Crippen LogP contribution in [0.1, 0.15) is 0 Å². The highest BCUT2D eigenvalue weighted by Crippen LogP contribution is 2.21. The van der Waals surface area contributed by atoms with E-state index in [9.17, 15) is 0 Å². The normalized spacial score (nSPS) is 15.9. The average Bonchev–Trinajstić information content (AvgIpc) is 2.39. The summed E-state index contributed by atoms with van der Waals surface area (Å²) in [5, 5.41) is 8.01.